The topological polar surface area (TPSA) is 9.23 Å². The van der Waals surface area contributed by atoms with E-state index in [0.717, 1.165) is 0 Å². The predicted molar refractivity (Wildman–Crippen MR) is 55.3 cm³/mol. The highest BCUT2D eigenvalue weighted by atomic mass is 19.4. The minimum absolute atomic E-state index is 2.61. The minimum Gasteiger partial charge on any atom is -0.340 e. The van der Waals surface area contributed by atoms with E-state index in [1.807, 2.05) is 0 Å². The molecule has 1 aliphatic rings. The Morgan fingerprint density at radius 2 is 1.10 bits per heavy atom. The first-order valence-corrected chi connectivity index (χ1v) is 6.61. The van der Waals surface area contributed by atoms with Crippen LogP contribution in [0.3, 0.4) is 0 Å². The van der Waals surface area contributed by atoms with Crippen molar-refractivity contribution in [3.05, 3.63) is 0 Å². The Kier molecular flexibility index (Phi) is 5.90. The molecule has 1 nitrogen and oxygen atoms in total. The van der Waals surface area contributed by atoms with Crippen LogP contribution in [0.2, 0.25) is 0 Å². The summed E-state index contributed by atoms with van der Waals surface area (Å²) in [5.74, 6) is -42.2. The fourth-order valence-corrected chi connectivity index (χ4v) is 2.03. The number of hydrogen-bond donors (Lipinski definition) is 0. The molecule has 0 spiro atoms. The fourth-order valence-electron chi connectivity index (χ4n) is 2.03. The Bertz CT molecular complexity index is 615. The first-order valence-electron chi connectivity index (χ1n) is 6.61. The molecule has 0 aromatic heterocycles. The maximum Gasteiger partial charge on any atom is 0.381 e. The monoisotopic (exact) mass is 476 g/mol. The van der Waals surface area contributed by atoms with Gasteiger partial charge in [0.1, 0.15) is 0 Å². The molecule has 18 heteroatoms. The Morgan fingerprint density at radius 1 is 0.690 bits per heavy atom. The summed E-state index contributed by atoms with van der Waals surface area (Å²) >= 11 is 0. The van der Waals surface area contributed by atoms with Crippen LogP contribution in [0.15, 0.2) is 0 Å². The quantitative estimate of drug-likeness (QED) is 0.465. The van der Waals surface area contributed by atoms with Gasteiger partial charge in [-0.2, -0.15) is 52.7 Å². The Labute approximate surface area is 147 Å². The molecule has 0 aliphatic heterocycles. The van der Waals surface area contributed by atoms with E-state index in [-0.39, 0.29) is 0 Å². The highest BCUT2D eigenvalue weighted by molar-refractivity contribution is 5.23. The van der Waals surface area contributed by atoms with E-state index in [1.165, 1.54) is 0 Å². The molecule has 3 unspecified atom stereocenters. The molecule has 3 atom stereocenters. The zero-order valence-electron chi connectivity index (χ0n) is 12.8. The van der Waals surface area contributed by atoms with Gasteiger partial charge in [0.25, 0.3) is 6.36 Å². The number of hydrogen-bond acceptors (Lipinski definition) is 1. The zero-order valence-corrected chi connectivity index (χ0v) is 12.8. The third-order valence-electron chi connectivity index (χ3n) is 3.89. The lowest BCUT2D eigenvalue weighted by Gasteiger charge is -2.50. The molecule has 0 saturated heterocycles. The van der Waals surface area contributed by atoms with Crippen molar-refractivity contribution in [3.63, 3.8) is 0 Å². The van der Waals surface area contributed by atoms with Gasteiger partial charge in [0.2, 0.25) is 11.8 Å². The summed E-state index contributed by atoms with van der Waals surface area (Å²) in [6.45, 7) is -3.70. The molecule has 0 amide bonds. The summed E-state index contributed by atoms with van der Waals surface area (Å²) in [6.07, 6.45) is -16.3. The average Bonchev–Trinajstić information content (AvgIpc) is 2.56. The summed E-state index contributed by atoms with van der Waals surface area (Å²) in [7, 11) is 0. The van der Waals surface area contributed by atoms with Crippen LogP contribution in [0, 0.1) is 0 Å². The number of rotatable bonds is 6. The van der Waals surface area contributed by atoms with Crippen LogP contribution in [0.25, 0.3) is 0 Å². The summed E-state index contributed by atoms with van der Waals surface area (Å²) in [4.78, 5) is 0. The van der Waals surface area contributed by atoms with Crippen molar-refractivity contribution in [3.8, 4) is 0 Å². The smallest absolute Gasteiger partial charge is 0.340 e. The van der Waals surface area contributed by atoms with E-state index in [1.54, 1.807) is 0 Å². The molecule has 1 aliphatic carbocycles. The van der Waals surface area contributed by atoms with Crippen LogP contribution < -0.4 is 0 Å². The Hall–Kier alpha value is -1.23. The van der Waals surface area contributed by atoms with Crippen molar-refractivity contribution < 1.29 is 79.4 Å². The second kappa shape index (κ2) is 6.63. The molecule has 174 valence electrons. The summed E-state index contributed by atoms with van der Waals surface area (Å²) in [5.41, 5.74) is -6.39. The third-order valence-corrected chi connectivity index (χ3v) is 3.89. The van der Waals surface area contributed by atoms with Crippen LogP contribution in [-0.4, -0.2) is 66.8 Å². The fraction of sp³-hybridized carbons (Fsp3) is 1.00. The van der Waals surface area contributed by atoms with Gasteiger partial charge in [0.15, 0.2) is 0 Å². The van der Waals surface area contributed by atoms with Gasteiger partial charge >= 0.3 is 42.0 Å². The molecule has 1 saturated carbocycles. The van der Waals surface area contributed by atoms with E-state index in [9.17, 15) is 74.6 Å². The first-order chi connectivity index (χ1) is 12.5. The maximum atomic E-state index is 14.0. The molecule has 0 N–H and O–H groups in total. The number of alkyl halides is 17. The SMILES string of the molecule is FC(F)C(F)(F)C(F)(F)C(F)OCC1(F)C(F)C(F)(F)C(F)(F)C(F)(F)C1(F)F. The standard InChI is InChI=1S/C11H5F17O/c12-2-5(16,1-29-4(15)8(21,22)7(19,20)3(13)14)9(23,24)11(27,28)10(25,26)6(2,17)18/h2-4H,1H2. The number of ether oxygens (including phenoxy) is 1. The van der Waals surface area contributed by atoms with Gasteiger partial charge in [0.05, 0.1) is 6.61 Å². The highest BCUT2D eigenvalue weighted by Gasteiger charge is 2.95. The van der Waals surface area contributed by atoms with Gasteiger partial charge in [-0.25, -0.2) is 22.0 Å². The van der Waals surface area contributed by atoms with Gasteiger partial charge in [-0.15, -0.1) is 0 Å². The molecule has 1 rings (SSSR count). The molecule has 0 heterocycles. The normalized spacial score (nSPS) is 32.3. The molecule has 1 fully saturated rings. The zero-order chi connectivity index (χ0) is 23.6. The molecule has 29 heavy (non-hydrogen) atoms. The van der Waals surface area contributed by atoms with Crippen molar-refractivity contribution in [2.45, 2.75) is 60.2 Å². The van der Waals surface area contributed by atoms with Gasteiger partial charge in [-0.3, -0.25) is 0 Å². The van der Waals surface area contributed by atoms with Crippen LogP contribution >= 0.6 is 0 Å². The van der Waals surface area contributed by atoms with Crippen LogP contribution in [0.1, 0.15) is 0 Å². The van der Waals surface area contributed by atoms with E-state index in [0.29, 0.717) is 0 Å². The molecule has 0 bridgehead atoms. The highest BCUT2D eigenvalue weighted by Crippen LogP contribution is 2.65. The van der Waals surface area contributed by atoms with Crippen molar-refractivity contribution >= 4 is 0 Å². The first kappa shape index (κ1) is 25.8. The van der Waals surface area contributed by atoms with Gasteiger partial charge < -0.3 is 4.74 Å². The van der Waals surface area contributed by atoms with Gasteiger partial charge in [0, 0.05) is 0 Å². The van der Waals surface area contributed by atoms with E-state index in [2.05, 4.69) is 4.74 Å². The molecular weight excluding hydrogens is 471 g/mol. The van der Waals surface area contributed by atoms with Crippen molar-refractivity contribution in [1.82, 2.24) is 0 Å². The largest absolute Gasteiger partial charge is 0.381 e. The third kappa shape index (κ3) is 3.02. The van der Waals surface area contributed by atoms with E-state index in [4.69, 9.17) is 0 Å². The molecule has 0 aromatic rings. The van der Waals surface area contributed by atoms with Crippen molar-refractivity contribution in [2.24, 2.45) is 0 Å². The maximum absolute atomic E-state index is 14.0. The summed E-state index contributed by atoms with van der Waals surface area (Å²) in [5, 5.41) is 0. The Morgan fingerprint density at radius 3 is 1.48 bits per heavy atom. The van der Waals surface area contributed by atoms with Gasteiger partial charge in [-0.1, -0.05) is 0 Å². The minimum atomic E-state index is -7.43. The van der Waals surface area contributed by atoms with Crippen LogP contribution in [0.4, 0.5) is 74.6 Å². The lowest BCUT2D eigenvalue weighted by Crippen LogP contribution is -2.81. The average molecular weight is 476 g/mol. The lowest BCUT2D eigenvalue weighted by atomic mass is 9.74. The van der Waals surface area contributed by atoms with Gasteiger partial charge in [-0.05, 0) is 0 Å². The Balaban J connectivity index is 3.33. The van der Waals surface area contributed by atoms with E-state index < -0.39 is 66.8 Å². The summed E-state index contributed by atoms with van der Waals surface area (Å²) < 4.78 is 222. The summed E-state index contributed by atoms with van der Waals surface area (Å²) in [6, 6.07) is 0. The predicted octanol–water partition coefficient (Wildman–Crippen LogP) is 5.44. The molecule has 0 radical (unpaired) electrons. The molecular formula is C11H5F17O. The number of halogens is 17. The second-order valence-electron chi connectivity index (χ2n) is 5.74. The van der Waals surface area contributed by atoms with Crippen molar-refractivity contribution in [2.75, 3.05) is 6.61 Å². The van der Waals surface area contributed by atoms with Crippen molar-refractivity contribution in [1.29, 1.82) is 0 Å². The lowest BCUT2D eigenvalue weighted by molar-refractivity contribution is -0.448. The van der Waals surface area contributed by atoms with Crippen LogP contribution in [0.5, 0.6) is 0 Å². The van der Waals surface area contributed by atoms with Crippen LogP contribution in [-0.2, 0) is 4.74 Å². The van der Waals surface area contributed by atoms with E-state index >= 15 is 0 Å². The second-order valence-corrected chi connectivity index (χ2v) is 5.74. The molecule has 0 aromatic carbocycles.